The molecule has 6 heteroatoms. The van der Waals surface area contributed by atoms with Crippen LogP contribution in [0, 0.1) is 5.82 Å². The van der Waals surface area contributed by atoms with Crippen LogP contribution < -0.4 is 5.32 Å². The molecule has 0 spiro atoms. The topological polar surface area (TPSA) is 46.2 Å². The zero-order valence-corrected chi connectivity index (χ0v) is 12.1. The van der Waals surface area contributed by atoms with Crippen LogP contribution in [0.2, 0.25) is 5.02 Å². The van der Waals surface area contributed by atoms with E-state index in [1.807, 2.05) is 6.92 Å². The molecular weight excluding hydrogens is 277 g/mol. The molecule has 3 nitrogen and oxygen atoms in total. The minimum atomic E-state index is -3.47. The highest BCUT2D eigenvalue weighted by atomic mass is 35.5. The highest BCUT2D eigenvalue weighted by Crippen LogP contribution is 2.24. The summed E-state index contributed by atoms with van der Waals surface area (Å²) in [5.74, 6) is -0.619. The second-order valence-electron chi connectivity index (χ2n) is 4.36. The maximum Gasteiger partial charge on any atom is 0.181 e. The van der Waals surface area contributed by atoms with Crippen LogP contribution in [-0.4, -0.2) is 26.8 Å². The molecule has 102 valence electrons. The molecule has 1 N–H and O–H groups in total. The van der Waals surface area contributed by atoms with Crippen LogP contribution in [0.25, 0.3) is 0 Å². The van der Waals surface area contributed by atoms with E-state index < -0.39 is 20.9 Å². The average Bonchev–Trinajstić information content (AvgIpc) is 2.32. The Kier molecular flexibility index (Phi) is 5.13. The molecule has 0 aromatic heterocycles. The summed E-state index contributed by atoms with van der Waals surface area (Å²) in [7, 11) is -1.70. The smallest absolute Gasteiger partial charge is 0.181 e. The number of rotatable bonds is 5. The summed E-state index contributed by atoms with van der Waals surface area (Å²) in [5, 5.41) is 2.26. The average molecular weight is 294 g/mol. The van der Waals surface area contributed by atoms with Crippen LogP contribution in [-0.2, 0) is 9.84 Å². The Bertz CT molecular complexity index is 519. The fraction of sp³-hybridized carbons (Fsp3) is 0.500. The number of benzene rings is 1. The van der Waals surface area contributed by atoms with Gasteiger partial charge in [0, 0.05) is 6.04 Å². The second-order valence-corrected chi connectivity index (χ2v) is 7.13. The van der Waals surface area contributed by atoms with E-state index >= 15 is 0 Å². The van der Waals surface area contributed by atoms with Gasteiger partial charge in [-0.25, -0.2) is 12.8 Å². The number of sulfone groups is 1. The van der Waals surface area contributed by atoms with Gasteiger partial charge in [-0.15, -0.1) is 0 Å². The fourth-order valence-electron chi connectivity index (χ4n) is 1.63. The summed E-state index contributed by atoms with van der Waals surface area (Å²) in [4.78, 5) is 0.0599. The number of hydrogen-bond donors (Lipinski definition) is 1. The molecule has 0 saturated heterocycles. The Balaban J connectivity index is 3.02. The predicted molar refractivity (Wildman–Crippen MR) is 71.2 cm³/mol. The first kappa shape index (κ1) is 15.4. The van der Waals surface area contributed by atoms with Crippen molar-refractivity contribution in [1.29, 1.82) is 0 Å². The third-order valence-corrected chi connectivity index (χ3v) is 5.38. The molecule has 0 bridgehead atoms. The molecule has 1 aromatic carbocycles. The Labute approximate surface area is 112 Å². The highest BCUT2D eigenvalue weighted by Gasteiger charge is 2.25. The van der Waals surface area contributed by atoms with Gasteiger partial charge >= 0.3 is 0 Å². The lowest BCUT2D eigenvalue weighted by Crippen LogP contribution is -2.29. The molecule has 1 rings (SSSR count). The molecular formula is C12H17ClFNO2S. The SMILES string of the molecule is CNC(C)CC(C)S(=O)(=O)c1ccc(F)c(Cl)c1. The first-order valence-corrected chi connectivity index (χ1v) is 7.57. The van der Waals surface area contributed by atoms with Crippen LogP contribution in [0.3, 0.4) is 0 Å². The summed E-state index contributed by atoms with van der Waals surface area (Å²) in [6.07, 6.45) is 0.480. The maximum absolute atomic E-state index is 13.0. The van der Waals surface area contributed by atoms with E-state index in [9.17, 15) is 12.8 Å². The van der Waals surface area contributed by atoms with Crippen molar-refractivity contribution in [3.05, 3.63) is 29.0 Å². The first-order chi connectivity index (χ1) is 8.28. The molecule has 0 amide bonds. The van der Waals surface area contributed by atoms with Crippen LogP contribution in [0.1, 0.15) is 20.3 Å². The summed E-state index contributed by atoms with van der Waals surface area (Å²) in [5.41, 5.74) is 0. The zero-order valence-electron chi connectivity index (χ0n) is 10.6. The van der Waals surface area contributed by atoms with Crippen molar-refractivity contribution in [1.82, 2.24) is 5.32 Å². The van der Waals surface area contributed by atoms with E-state index in [1.165, 1.54) is 6.07 Å². The zero-order chi connectivity index (χ0) is 13.9. The van der Waals surface area contributed by atoms with Gasteiger partial charge in [-0.2, -0.15) is 0 Å². The first-order valence-electron chi connectivity index (χ1n) is 5.65. The molecule has 0 fully saturated rings. The Morgan fingerprint density at radius 1 is 1.39 bits per heavy atom. The predicted octanol–water partition coefficient (Wildman–Crippen LogP) is 2.64. The van der Waals surface area contributed by atoms with Crippen molar-refractivity contribution in [2.24, 2.45) is 0 Å². The largest absolute Gasteiger partial charge is 0.317 e. The van der Waals surface area contributed by atoms with Gasteiger partial charge in [0.25, 0.3) is 0 Å². The van der Waals surface area contributed by atoms with E-state index in [0.717, 1.165) is 12.1 Å². The molecule has 0 heterocycles. The highest BCUT2D eigenvalue weighted by molar-refractivity contribution is 7.92. The van der Waals surface area contributed by atoms with Gasteiger partial charge in [0.15, 0.2) is 9.84 Å². The van der Waals surface area contributed by atoms with Crippen molar-refractivity contribution >= 4 is 21.4 Å². The van der Waals surface area contributed by atoms with Gasteiger partial charge in [-0.3, -0.25) is 0 Å². The summed E-state index contributed by atoms with van der Waals surface area (Å²) in [6, 6.07) is 3.57. The van der Waals surface area contributed by atoms with Gasteiger partial charge in [-0.05, 0) is 45.5 Å². The lowest BCUT2D eigenvalue weighted by molar-refractivity contribution is 0.530. The summed E-state index contributed by atoms with van der Waals surface area (Å²) < 4.78 is 37.5. The van der Waals surface area contributed by atoms with Crippen molar-refractivity contribution in [3.8, 4) is 0 Å². The minimum Gasteiger partial charge on any atom is -0.317 e. The molecule has 1 aromatic rings. The molecule has 0 radical (unpaired) electrons. The van der Waals surface area contributed by atoms with Crippen LogP contribution in [0.5, 0.6) is 0 Å². The van der Waals surface area contributed by atoms with E-state index in [-0.39, 0.29) is 16.0 Å². The lowest BCUT2D eigenvalue weighted by Gasteiger charge is -2.17. The summed E-state index contributed by atoms with van der Waals surface area (Å²) in [6.45, 7) is 3.55. The summed E-state index contributed by atoms with van der Waals surface area (Å²) >= 11 is 5.61. The second kappa shape index (κ2) is 5.99. The molecule has 2 atom stereocenters. The van der Waals surface area contributed by atoms with Crippen LogP contribution in [0.15, 0.2) is 23.1 Å². The van der Waals surface area contributed by atoms with Gasteiger partial charge in [0.05, 0.1) is 15.2 Å². The molecule has 18 heavy (non-hydrogen) atoms. The van der Waals surface area contributed by atoms with Crippen molar-refractivity contribution in [3.63, 3.8) is 0 Å². The maximum atomic E-state index is 13.0. The van der Waals surface area contributed by atoms with Crippen molar-refractivity contribution in [2.45, 2.75) is 36.5 Å². The van der Waals surface area contributed by atoms with Crippen LogP contribution in [0.4, 0.5) is 4.39 Å². The Morgan fingerprint density at radius 3 is 2.50 bits per heavy atom. The lowest BCUT2D eigenvalue weighted by atomic mass is 10.2. The van der Waals surface area contributed by atoms with Crippen molar-refractivity contribution < 1.29 is 12.8 Å². The normalized spacial score (nSPS) is 15.4. The van der Waals surface area contributed by atoms with Crippen molar-refractivity contribution in [2.75, 3.05) is 7.05 Å². The van der Waals surface area contributed by atoms with Gasteiger partial charge < -0.3 is 5.32 Å². The van der Waals surface area contributed by atoms with E-state index in [1.54, 1.807) is 14.0 Å². The number of hydrogen-bond acceptors (Lipinski definition) is 3. The third kappa shape index (κ3) is 3.43. The quantitative estimate of drug-likeness (QED) is 0.849. The van der Waals surface area contributed by atoms with E-state index in [0.29, 0.717) is 6.42 Å². The van der Waals surface area contributed by atoms with Crippen LogP contribution >= 0.6 is 11.6 Å². The molecule has 0 aliphatic carbocycles. The monoisotopic (exact) mass is 293 g/mol. The van der Waals surface area contributed by atoms with Gasteiger partial charge in [0.2, 0.25) is 0 Å². The van der Waals surface area contributed by atoms with Gasteiger partial charge in [-0.1, -0.05) is 11.6 Å². The molecule has 0 saturated carbocycles. The third-order valence-electron chi connectivity index (χ3n) is 2.93. The van der Waals surface area contributed by atoms with E-state index in [4.69, 9.17) is 11.6 Å². The van der Waals surface area contributed by atoms with Gasteiger partial charge in [0.1, 0.15) is 5.82 Å². The Hall–Kier alpha value is -0.650. The van der Waals surface area contributed by atoms with E-state index in [2.05, 4.69) is 5.32 Å². The molecule has 0 aliphatic heterocycles. The standard InChI is InChI=1S/C12H17ClFNO2S/c1-8(15-3)6-9(2)18(16,17)10-4-5-12(14)11(13)7-10/h4-5,7-9,15H,6H2,1-3H3. The molecule has 2 unspecified atom stereocenters. The fourth-order valence-corrected chi connectivity index (χ4v) is 3.42. The number of halogens is 2. The molecule has 0 aliphatic rings. The number of nitrogens with one attached hydrogen (secondary N) is 1. The minimum absolute atomic E-state index is 0.0599. The Morgan fingerprint density at radius 2 is 2.00 bits per heavy atom.